The lowest BCUT2D eigenvalue weighted by molar-refractivity contribution is 0.0765. The molecule has 0 bridgehead atoms. The zero-order valence-corrected chi connectivity index (χ0v) is 8.22. The van der Waals surface area contributed by atoms with Gasteiger partial charge in [0.2, 0.25) is 0 Å². The van der Waals surface area contributed by atoms with Gasteiger partial charge in [0.15, 0.2) is 0 Å². The van der Waals surface area contributed by atoms with Crippen molar-refractivity contribution in [1.29, 1.82) is 0 Å². The Balaban J connectivity index is 0. The molecule has 2 N–H and O–H groups in total. The quantitative estimate of drug-likeness (QED) is 0.666. The number of hydrogen-bond donors (Lipinski definition) is 2. The molecule has 0 aromatic carbocycles. The molecule has 2 heteroatoms. The Labute approximate surface area is 70.3 Å². The molecule has 0 radical (unpaired) electrons. The molecule has 11 heavy (non-hydrogen) atoms. The monoisotopic (exact) mass is 162 g/mol. The molecule has 0 amide bonds. The lowest BCUT2D eigenvalue weighted by Crippen LogP contribution is -2.15. The first-order chi connectivity index (χ1) is 4.97. The predicted molar refractivity (Wildman–Crippen MR) is 48.6 cm³/mol. The molecule has 0 unspecified atom stereocenters. The van der Waals surface area contributed by atoms with Crippen molar-refractivity contribution in [2.45, 2.75) is 52.6 Å². The molecule has 0 spiro atoms. The van der Waals surface area contributed by atoms with Crippen LogP contribution in [0, 0.1) is 0 Å². The SMILES string of the molecule is CCC(C)(C)O.CCCCO. The number of aliphatic hydroxyl groups excluding tert-OH is 1. The second-order valence-corrected chi connectivity index (χ2v) is 3.24. The molecule has 0 atom stereocenters. The zero-order chi connectivity index (χ0) is 9.33. The van der Waals surface area contributed by atoms with Gasteiger partial charge in [-0.15, -0.1) is 0 Å². The van der Waals surface area contributed by atoms with Crippen LogP contribution in [0.2, 0.25) is 0 Å². The fourth-order valence-electron chi connectivity index (χ4n) is 0.158. The summed E-state index contributed by atoms with van der Waals surface area (Å²) >= 11 is 0. The average molecular weight is 162 g/mol. The molecule has 70 valence electrons. The fraction of sp³-hybridized carbons (Fsp3) is 1.00. The van der Waals surface area contributed by atoms with E-state index < -0.39 is 5.60 Å². The van der Waals surface area contributed by atoms with Crippen LogP contribution in [0.3, 0.4) is 0 Å². The highest BCUT2D eigenvalue weighted by Crippen LogP contribution is 2.03. The lowest BCUT2D eigenvalue weighted by atomic mass is 10.1. The van der Waals surface area contributed by atoms with Gasteiger partial charge in [0, 0.05) is 6.61 Å². The highest BCUT2D eigenvalue weighted by molar-refractivity contribution is 4.59. The molecular weight excluding hydrogens is 140 g/mol. The van der Waals surface area contributed by atoms with E-state index in [1.807, 2.05) is 6.92 Å². The smallest absolute Gasteiger partial charge is 0.0589 e. The number of rotatable bonds is 3. The second kappa shape index (κ2) is 8.02. The number of aliphatic hydroxyl groups is 2. The lowest BCUT2D eigenvalue weighted by Gasteiger charge is -2.11. The maximum atomic E-state index is 8.83. The highest BCUT2D eigenvalue weighted by atomic mass is 16.3. The fourth-order valence-corrected chi connectivity index (χ4v) is 0.158. The first kappa shape index (κ1) is 13.5. The van der Waals surface area contributed by atoms with Gasteiger partial charge < -0.3 is 10.2 Å². The van der Waals surface area contributed by atoms with Crippen LogP contribution in [0.5, 0.6) is 0 Å². The van der Waals surface area contributed by atoms with Crippen LogP contribution >= 0.6 is 0 Å². The van der Waals surface area contributed by atoms with Gasteiger partial charge in [0.1, 0.15) is 0 Å². The van der Waals surface area contributed by atoms with Crippen molar-refractivity contribution in [3.63, 3.8) is 0 Å². The van der Waals surface area contributed by atoms with Gasteiger partial charge in [0.05, 0.1) is 5.60 Å². The Morgan fingerprint density at radius 1 is 1.18 bits per heavy atom. The molecule has 0 aromatic heterocycles. The van der Waals surface area contributed by atoms with Gasteiger partial charge >= 0.3 is 0 Å². The van der Waals surface area contributed by atoms with E-state index in [0.29, 0.717) is 6.61 Å². The van der Waals surface area contributed by atoms with Gasteiger partial charge in [-0.05, 0) is 26.7 Å². The normalized spacial score (nSPS) is 10.4. The third-order valence-corrected chi connectivity index (χ3v) is 1.38. The molecular formula is C9H22O2. The molecule has 2 nitrogen and oxygen atoms in total. The minimum absolute atomic E-state index is 0.344. The van der Waals surface area contributed by atoms with E-state index in [2.05, 4.69) is 6.92 Å². The van der Waals surface area contributed by atoms with E-state index in [1.54, 1.807) is 13.8 Å². The van der Waals surface area contributed by atoms with Crippen LogP contribution in [0.1, 0.15) is 47.0 Å². The molecule has 0 fully saturated rings. The molecule has 0 saturated heterocycles. The van der Waals surface area contributed by atoms with E-state index in [1.165, 1.54) is 0 Å². The van der Waals surface area contributed by atoms with E-state index >= 15 is 0 Å². The molecule has 0 rings (SSSR count). The number of unbranched alkanes of at least 4 members (excludes halogenated alkanes) is 1. The molecule has 0 saturated carbocycles. The molecule has 0 aliphatic carbocycles. The van der Waals surface area contributed by atoms with Crippen molar-refractivity contribution in [2.75, 3.05) is 6.61 Å². The number of hydrogen-bond acceptors (Lipinski definition) is 2. The van der Waals surface area contributed by atoms with E-state index in [0.717, 1.165) is 19.3 Å². The standard InChI is InChI=1S/C5H12O.C4H10O/c1-4-5(2,3)6;1-2-3-4-5/h6H,4H2,1-3H3;5H,2-4H2,1H3. The van der Waals surface area contributed by atoms with Crippen molar-refractivity contribution in [2.24, 2.45) is 0 Å². The Morgan fingerprint density at radius 3 is 1.55 bits per heavy atom. The van der Waals surface area contributed by atoms with Crippen molar-refractivity contribution in [3.8, 4) is 0 Å². The summed E-state index contributed by atoms with van der Waals surface area (Å²) in [6.07, 6.45) is 2.86. The average Bonchev–Trinajstić information content (AvgIpc) is 1.90. The summed E-state index contributed by atoms with van der Waals surface area (Å²) in [6, 6.07) is 0. The Bertz CT molecular complexity index is 62.5. The van der Waals surface area contributed by atoms with Crippen molar-refractivity contribution >= 4 is 0 Å². The summed E-state index contributed by atoms with van der Waals surface area (Å²) < 4.78 is 0. The third-order valence-electron chi connectivity index (χ3n) is 1.38. The molecule has 0 aliphatic rings. The predicted octanol–water partition coefficient (Wildman–Crippen LogP) is 1.95. The van der Waals surface area contributed by atoms with Crippen LogP contribution in [-0.2, 0) is 0 Å². The Morgan fingerprint density at radius 2 is 1.55 bits per heavy atom. The Kier molecular flexibility index (Phi) is 9.85. The first-order valence-electron chi connectivity index (χ1n) is 4.31. The minimum atomic E-state index is -0.458. The van der Waals surface area contributed by atoms with Gasteiger partial charge in [-0.25, -0.2) is 0 Å². The van der Waals surface area contributed by atoms with Gasteiger partial charge in [-0.1, -0.05) is 20.3 Å². The zero-order valence-electron chi connectivity index (χ0n) is 8.22. The molecule has 0 heterocycles. The van der Waals surface area contributed by atoms with Crippen molar-refractivity contribution < 1.29 is 10.2 Å². The first-order valence-corrected chi connectivity index (χ1v) is 4.31. The highest BCUT2D eigenvalue weighted by Gasteiger charge is 2.05. The third kappa shape index (κ3) is 25.7. The van der Waals surface area contributed by atoms with Crippen LogP contribution in [0.25, 0.3) is 0 Å². The van der Waals surface area contributed by atoms with E-state index in [9.17, 15) is 0 Å². The van der Waals surface area contributed by atoms with E-state index in [-0.39, 0.29) is 0 Å². The van der Waals surface area contributed by atoms with Crippen LogP contribution in [0.4, 0.5) is 0 Å². The van der Waals surface area contributed by atoms with Gasteiger partial charge in [-0.2, -0.15) is 0 Å². The van der Waals surface area contributed by atoms with Gasteiger partial charge in [-0.3, -0.25) is 0 Å². The van der Waals surface area contributed by atoms with E-state index in [4.69, 9.17) is 10.2 Å². The largest absolute Gasteiger partial charge is 0.396 e. The minimum Gasteiger partial charge on any atom is -0.396 e. The maximum absolute atomic E-state index is 8.83. The summed E-state index contributed by atoms with van der Waals surface area (Å²) in [4.78, 5) is 0. The Hall–Kier alpha value is -0.0800. The summed E-state index contributed by atoms with van der Waals surface area (Å²) in [5, 5.41) is 16.9. The summed E-state index contributed by atoms with van der Waals surface area (Å²) in [5.41, 5.74) is -0.458. The summed E-state index contributed by atoms with van der Waals surface area (Å²) in [5.74, 6) is 0. The second-order valence-electron chi connectivity index (χ2n) is 3.24. The van der Waals surface area contributed by atoms with Crippen LogP contribution in [0.15, 0.2) is 0 Å². The van der Waals surface area contributed by atoms with Crippen LogP contribution in [-0.4, -0.2) is 22.4 Å². The van der Waals surface area contributed by atoms with Crippen molar-refractivity contribution in [1.82, 2.24) is 0 Å². The summed E-state index contributed by atoms with van der Waals surface area (Å²) in [7, 11) is 0. The molecule has 0 aliphatic heterocycles. The van der Waals surface area contributed by atoms with Gasteiger partial charge in [0.25, 0.3) is 0 Å². The van der Waals surface area contributed by atoms with Crippen molar-refractivity contribution in [3.05, 3.63) is 0 Å². The molecule has 0 aromatic rings. The summed E-state index contributed by atoms with van der Waals surface area (Å²) in [6.45, 7) is 7.95. The topological polar surface area (TPSA) is 40.5 Å². The van der Waals surface area contributed by atoms with Crippen LogP contribution < -0.4 is 0 Å². The maximum Gasteiger partial charge on any atom is 0.0589 e.